The predicted molar refractivity (Wildman–Crippen MR) is 121 cm³/mol. The SMILES string of the molecule is COC(=O)[C@H](C)[C@@H](O)/C=C/c1csc(-c2csc([C@@H](C)/C=C/C=C/C(C)C)n2)n1. The zero-order valence-corrected chi connectivity index (χ0v) is 19.0. The van der Waals surface area contributed by atoms with Crippen LogP contribution in [0.2, 0.25) is 0 Å². The Labute approximate surface area is 180 Å². The number of nitrogens with zero attached hydrogens (tertiary/aromatic N) is 2. The summed E-state index contributed by atoms with van der Waals surface area (Å²) in [7, 11) is 1.31. The molecule has 0 unspecified atom stereocenters. The molecular weight excluding hydrogens is 404 g/mol. The van der Waals surface area contributed by atoms with Gasteiger partial charge in [-0.15, -0.1) is 22.7 Å². The Bertz CT molecular complexity index is 880. The minimum atomic E-state index is -0.921. The van der Waals surface area contributed by atoms with Gasteiger partial charge in [-0.3, -0.25) is 4.79 Å². The molecule has 0 bridgehead atoms. The van der Waals surface area contributed by atoms with Crippen LogP contribution in [-0.2, 0) is 9.53 Å². The normalized spacial score (nSPS) is 15.6. The number of aliphatic hydroxyl groups is 1. The van der Waals surface area contributed by atoms with E-state index in [0.717, 1.165) is 21.4 Å². The summed E-state index contributed by atoms with van der Waals surface area (Å²) < 4.78 is 4.65. The quantitative estimate of drug-likeness (QED) is 0.429. The number of aromatic nitrogens is 2. The van der Waals surface area contributed by atoms with Crippen LogP contribution in [0.1, 0.15) is 44.3 Å². The Kier molecular flexibility index (Phi) is 8.95. The molecule has 7 heteroatoms. The molecule has 0 saturated heterocycles. The Balaban J connectivity index is 2.02. The van der Waals surface area contributed by atoms with Crippen LogP contribution in [0.5, 0.6) is 0 Å². The van der Waals surface area contributed by atoms with Gasteiger partial charge in [0.1, 0.15) is 10.7 Å². The van der Waals surface area contributed by atoms with Gasteiger partial charge >= 0.3 is 5.97 Å². The third kappa shape index (κ3) is 7.03. The Morgan fingerprint density at radius 3 is 2.48 bits per heavy atom. The number of hydrogen-bond donors (Lipinski definition) is 1. The van der Waals surface area contributed by atoms with Crippen molar-refractivity contribution in [1.29, 1.82) is 0 Å². The van der Waals surface area contributed by atoms with Crippen LogP contribution in [0, 0.1) is 11.8 Å². The highest BCUT2D eigenvalue weighted by Crippen LogP contribution is 2.29. The molecule has 0 aliphatic carbocycles. The van der Waals surface area contributed by atoms with E-state index in [1.54, 1.807) is 30.4 Å². The topological polar surface area (TPSA) is 72.3 Å². The van der Waals surface area contributed by atoms with Gasteiger partial charge in [-0.25, -0.2) is 9.97 Å². The molecule has 1 N–H and O–H groups in total. The second-order valence-corrected chi connectivity index (χ2v) is 8.86. The summed E-state index contributed by atoms with van der Waals surface area (Å²) in [6.45, 7) is 8.05. The molecule has 0 fully saturated rings. The first kappa shape index (κ1) is 23.2. The third-order valence-corrected chi connectivity index (χ3v) is 6.14. The monoisotopic (exact) mass is 432 g/mol. The number of hydrogen-bond acceptors (Lipinski definition) is 7. The van der Waals surface area contributed by atoms with Gasteiger partial charge in [0.15, 0.2) is 0 Å². The van der Waals surface area contributed by atoms with Crippen LogP contribution in [0.25, 0.3) is 16.8 Å². The molecule has 2 aromatic heterocycles. The van der Waals surface area contributed by atoms with Gasteiger partial charge in [0, 0.05) is 16.7 Å². The van der Waals surface area contributed by atoms with Crippen LogP contribution >= 0.6 is 22.7 Å². The molecule has 0 spiro atoms. The van der Waals surface area contributed by atoms with Crippen LogP contribution in [0.3, 0.4) is 0 Å². The van der Waals surface area contributed by atoms with E-state index in [9.17, 15) is 9.90 Å². The second-order valence-electron chi connectivity index (χ2n) is 7.11. The fourth-order valence-electron chi connectivity index (χ4n) is 2.36. The van der Waals surface area contributed by atoms with Crippen molar-refractivity contribution in [3.05, 3.63) is 51.8 Å². The van der Waals surface area contributed by atoms with Gasteiger partial charge in [0.25, 0.3) is 0 Å². The van der Waals surface area contributed by atoms with E-state index in [0.29, 0.717) is 5.92 Å². The molecule has 2 heterocycles. The molecule has 0 radical (unpaired) electrons. The molecule has 0 aliphatic rings. The molecule has 2 aromatic rings. The lowest BCUT2D eigenvalue weighted by atomic mass is 10.0. The van der Waals surface area contributed by atoms with Crippen molar-refractivity contribution >= 4 is 34.7 Å². The molecule has 0 aliphatic heterocycles. The number of esters is 1. The highest BCUT2D eigenvalue weighted by atomic mass is 32.1. The molecule has 2 rings (SSSR count). The lowest BCUT2D eigenvalue weighted by Crippen LogP contribution is -2.24. The summed E-state index contributed by atoms with van der Waals surface area (Å²) >= 11 is 3.13. The van der Waals surface area contributed by atoms with E-state index in [1.807, 2.05) is 10.8 Å². The average Bonchev–Trinajstić information content (AvgIpc) is 3.37. The molecule has 3 atom stereocenters. The first-order chi connectivity index (χ1) is 13.8. The standard InChI is InChI=1S/C22H28N2O3S2/c1-14(2)8-6-7-9-15(3)20-24-18(13-29-20)21-23-17(12-28-21)10-11-19(25)16(4)22(26)27-5/h6-16,19,25H,1-5H3/b8-6+,9-7+,11-10+/t15-,16+,19-/m0/s1. The third-order valence-electron chi connectivity index (χ3n) is 4.21. The maximum atomic E-state index is 11.5. The van der Waals surface area contributed by atoms with Crippen molar-refractivity contribution in [2.45, 2.75) is 39.7 Å². The molecule has 0 saturated carbocycles. The smallest absolute Gasteiger partial charge is 0.311 e. The van der Waals surface area contributed by atoms with Crippen LogP contribution in [0.15, 0.2) is 41.1 Å². The number of thiazole rings is 2. The summed E-state index contributed by atoms with van der Waals surface area (Å²) in [6, 6.07) is 0. The Morgan fingerprint density at radius 1 is 1.07 bits per heavy atom. The summed E-state index contributed by atoms with van der Waals surface area (Å²) in [6.07, 6.45) is 10.8. The van der Waals surface area contributed by atoms with Gasteiger partial charge in [0.2, 0.25) is 0 Å². The summed E-state index contributed by atoms with van der Waals surface area (Å²) in [5.74, 6) is -0.293. The predicted octanol–water partition coefficient (Wildman–Crippen LogP) is 5.32. The van der Waals surface area contributed by atoms with E-state index in [4.69, 9.17) is 4.98 Å². The van der Waals surface area contributed by atoms with Crippen LogP contribution < -0.4 is 0 Å². The van der Waals surface area contributed by atoms with Gasteiger partial charge in [0.05, 0.1) is 29.8 Å². The van der Waals surface area contributed by atoms with Crippen molar-refractivity contribution in [2.75, 3.05) is 7.11 Å². The molecule has 0 aromatic carbocycles. The number of aliphatic hydroxyl groups excluding tert-OH is 1. The number of carbonyl (C=O) groups is 1. The van der Waals surface area contributed by atoms with E-state index in [2.05, 4.69) is 54.8 Å². The lowest BCUT2D eigenvalue weighted by molar-refractivity contribution is -0.147. The first-order valence-corrected chi connectivity index (χ1v) is 11.3. The number of ether oxygens (including phenoxy) is 1. The van der Waals surface area contributed by atoms with Crippen LogP contribution in [0.4, 0.5) is 0 Å². The van der Waals surface area contributed by atoms with E-state index >= 15 is 0 Å². The lowest BCUT2D eigenvalue weighted by Gasteiger charge is -2.12. The van der Waals surface area contributed by atoms with Crippen molar-refractivity contribution in [1.82, 2.24) is 9.97 Å². The number of allylic oxidation sites excluding steroid dienone is 4. The van der Waals surface area contributed by atoms with Crippen molar-refractivity contribution in [3.8, 4) is 10.7 Å². The van der Waals surface area contributed by atoms with E-state index in [-0.39, 0.29) is 5.92 Å². The van der Waals surface area contributed by atoms with E-state index in [1.165, 1.54) is 18.4 Å². The number of methoxy groups -OCH3 is 1. The molecule has 5 nitrogen and oxygen atoms in total. The van der Waals surface area contributed by atoms with Gasteiger partial charge < -0.3 is 9.84 Å². The second kappa shape index (κ2) is 11.2. The minimum Gasteiger partial charge on any atom is -0.469 e. The van der Waals surface area contributed by atoms with Gasteiger partial charge in [-0.1, -0.05) is 51.2 Å². The average molecular weight is 433 g/mol. The maximum absolute atomic E-state index is 11.5. The Morgan fingerprint density at radius 2 is 1.79 bits per heavy atom. The summed E-state index contributed by atoms with van der Waals surface area (Å²) in [5.41, 5.74) is 1.58. The minimum absolute atomic E-state index is 0.236. The van der Waals surface area contributed by atoms with Crippen LogP contribution in [-0.4, -0.2) is 34.3 Å². The molecular formula is C22H28N2O3S2. The highest BCUT2D eigenvalue weighted by molar-refractivity contribution is 7.14. The number of carbonyl (C=O) groups excluding carboxylic acids is 1. The summed E-state index contributed by atoms with van der Waals surface area (Å²) in [4.78, 5) is 20.8. The van der Waals surface area contributed by atoms with Gasteiger partial charge in [-0.2, -0.15) is 0 Å². The fraction of sp³-hybridized carbons (Fsp3) is 0.409. The molecule has 156 valence electrons. The van der Waals surface area contributed by atoms with Crippen molar-refractivity contribution in [3.63, 3.8) is 0 Å². The summed E-state index contributed by atoms with van der Waals surface area (Å²) in [5, 5.41) is 15.9. The van der Waals surface area contributed by atoms with Crippen molar-refractivity contribution < 1.29 is 14.6 Å². The zero-order valence-electron chi connectivity index (χ0n) is 17.4. The molecule has 29 heavy (non-hydrogen) atoms. The largest absolute Gasteiger partial charge is 0.469 e. The highest BCUT2D eigenvalue weighted by Gasteiger charge is 2.20. The van der Waals surface area contributed by atoms with Crippen molar-refractivity contribution in [2.24, 2.45) is 11.8 Å². The maximum Gasteiger partial charge on any atom is 0.311 e. The van der Waals surface area contributed by atoms with E-state index < -0.39 is 18.0 Å². The fourth-order valence-corrected chi connectivity index (χ4v) is 4.03. The zero-order chi connectivity index (χ0) is 21.4. The number of rotatable bonds is 9. The van der Waals surface area contributed by atoms with Gasteiger partial charge in [-0.05, 0) is 18.9 Å². The Hall–Kier alpha value is -2.09. The first-order valence-electron chi connectivity index (χ1n) is 9.52. The molecule has 0 amide bonds.